The molecule has 0 aliphatic carbocycles. The topological polar surface area (TPSA) is 35.5 Å². The largest absolute Gasteiger partial charge is 0.494 e. The monoisotopic (exact) mass is 640 g/mol. The third-order valence-electron chi connectivity index (χ3n) is 9.34. The van der Waals surface area contributed by atoms with Crippen molar-refractivity contribution in [1.29, 1.82) is 0 Å². The summed E-state index contributed by atoms with van der Waals surface area (Å²) in [6.07, 6.45) is 24.8. The van der Waals surface area contributed by atoms with Crippen molar-refractivity contribution in [1.82, 2.24) is 0 Å². The van der Waals surface area contributed by atoms with Crippen molar-refractivity contribution in [3.63, 3.8) is 0 Å². The Bertz CT molecular complexity index is 1210. The molecule has 0 radical (unpaired) electrons. The van der Waals surface area contributed by atoms with Crippen LogP contribution in [0.25, 0.3) is 22.3 Å². The molecule has 0 heterocycles. The van der Waals surface area contributed by atoms with Gasteiger partial charge in [-0.2, -0.15) is 0 Å². The third-order valence-corrected chi connectivity index (χ3v) is 9.34. The Balaban J connectivity index is 1.39. The zero-order chi connectivity index (χ0) is 33.4. The number of hydrogen-bond donors (Lipinski definition) is 0. The Labute approximate surface area is 287 Å². The summed E-state index contributed by atoms with van der Waals surface area (Å²) < 4.78 is 11.8. The van der Waals surface area contributed by atoms with E-state index in [1.54, 1.807) is 0 Å². The van der Waals surface area contributed by atoms with Crippen LogP contribution in [0.15, 0.2) is 72.8 Å². The van der Waals surface area contributed by atoms with E-state index in [0.29, 0.717) is 6.42 Å². The SMILES string of the molecule is CCCCCCCCCCCCCOc1ccc(-c2ccccc2-c2ccc(C(C)OC(=O)CCCCCCCCCC)cc2)cc1. The van der Waals surface area contributed by atoms with Crippen molar-refractivity contribution < 1.29 is 14.3 Å². The predicted molar refractivity (Wildman–Crippen MR) is 201 cm³/mol. The number of carbonyl (C=O) groups is 1. The van der Waals surface area contributed by atoms with Crippen LogP contribution in [0.1, 0.15) is 161 Å². The first kappa shape index (κ1) is 38.4. The molecule has 3 heteroatoms. The zero-order valence-corrected chi connectivity index (χ0v) is 30.1. The predicted octanol–water partition coefficient (Wildman–Crippen LogP) is 13.8. The van der Waals surface area contributed by atoms with Gasteiger partial charge < -0.3 is 9.47 Å². The molecular weight excluding hydrogens is 576 g/mol. The van der Waals surface area contributed by atoms with Gasteiger partial charge in [0, 0.05) is 6.42 Å². The minimum atomic E-state index is -0.251. The van der Waals surface area contributed by atoms with Gasteiger partial charge in [-0.3, -0.25) is 4.79 Å². The Hall–Kier alpha value is -3.07. The van der Waals surface area contributed by atoms with Crippen LogP contribution in [-0.4, -0.2) is 12.6 Å². The fourth-order valence-electron chi connectivity index (χ4n) is 6.33. The molecule has 0 aliphatic heterocycles. The Morgan fingerprint density at radius 3 is 1.45 bits per heavy atom. The smallest absolute Gasteiger partial charge is 0.306 e. The van der Waals surface area contributed by atoms with Crippen molar-refractivity contribution in [3.05, 3.63) is 78.4 Å². The molecule has 1 unspecified atom stereocenters. The van der Waals surface area contributed by atoms with Gasteiger partial charge in [-0.05, 0) is 59.7 Å². The van der Waals surface area contributed by atoms with Crippen LogP contribution in [-0.2, 0) is 9.53 Å². The van der Waals surface area contributed by atoms with E-state index in [2.05, 4.69) is 86.6 Å². The van der Waals surface area contributed by atoms with Gasteiger partial charge in [0.25, 0.3) is 0 Å². The van der Waals surface area contributed by atoms with Crippen LogP contribution in [0.5, 0.6) is 5.75 Å². The van der Waals surface area contributed by atoms with Gasteiger partial charge in [0.1, 0.15) is 11.9 Å². The van der Waals surface area contributed by atoms with E-state index in [9.17, 15) is 4.79 Å². The minimum absolute atomic E-state index is 0.0934. The highest BCUT2D eigenvalue weighted by Gasteiger charge is 2.13. The molecular formula is C44H64O3. The summed E-state index contributed by atoms with van der Waals surface area (Å²) in [5.74, 6) is 0.845. The second kappa shape index (κ2) is 24.1. The lowest BCUT2D eigenvalue weighted by atomic mass is 9.93. The molecule has 3 rings (SSSR count). The van der Waals surface area contributed by atoms with Gasteiger partial charge in [0.05, 0.1) is 6.61 Å². The molecule has 0 saturated carbocycles. The molecule has 258 valence electrons. The molecule has 0 aromatic heterocycles. The molecule has 0 saturated heterocycles. The van der Waals surface area contributed by atoms with Gasteiger partial charge >= 0.3 is 5.97 Å². The fourth-order valence-corrected chi connectivity index (χ4v) is 6.33. The van der Waals surface area contributed by atoms with Gasteiger partial charge in [-0.1, -0.05) is 184 Å². The maximum absolute atomic E-state index is 12.4. The first-order valence-electron chi connectivity index (χ1n) is 19.2. The van der Waals surface area contributed by atoms with Crippen LogP contribution < -0.4 is 4.74 Å². The standard InChI is InChI=1S/C44H64O3/c1-4-6-8-10-12-14-15-16-18-20-24-36-46-41-34-32-40(33-35-41)43-26-23-22-25-42(43)39-30-28-38(29-31-39)37(3)47-44(45)27-21-19-17-13-11-9-7-5-2/h22-23,25-26,28-35,37H,4-21,24,27,36H2,1-3H3. The van der Waals surface area contributed by atoms with Crippen LogP contribution in [0.3, 0.4) is 0 Å². The minimum Gasteiger partial charge on any atom is -0.494 e. The molecule has 0 fully saturated rings. The maximum atomic E-state index is 12.4. The fraction of sp³-hybridized carbons (Fsp3) is 0.568. The number of rotatable bonds is 26. The second-order valence-corrected chi connectivity index (χ2v) is 13.4. The summed E-state index contributed by atoms with van der Waals surface area (Å²) in [5, 5.41) is 0. The van der Waals surface area contributed by atoms with Crippen molar-refractivity contribution in [2.24, 2.45) is 0 Å². The number of benzene rings is 3. The third kappa shape index (κ3) is 15.6. The van der Waals surface area contributed by atoms with Gasteiger partial charge in [0.2, 0.25) is 0 Å². The number of hydrogen-bond acceptors (Lipinski definition) is 3. The highest BCUT2D eigenvalue weighted by atomic mass is 16.5. The lowest BCUT2D eigenvalue weighted by Crippen LogP contribution is -2.08. The average Bonchev–Trinajstić information content (AvgIpc) is 3.10. The lowest BCUT2D eigenvalue weighted by Gasteiger charge is -2.15. The Morgan fingerprint density at radius 1 is 0.532 bits per heavy atom. The van der Waals surface area contributed by atoms with E-state index in [1.807, 2.05) is 6.92 Å². The van der Waals surface area contributed by atoms with E-state index < -0.39 is 0 Å². The number of esters is 1. The Kier molecular flexibility index (Phi) is 19.7. The first-order valence-corrected chi connectivity index (χ1v) is 19.2. The van der Waals surface area contributed by atoms with E-state index in [-0.39, 0.29) is 12.1 Å². The van der Waals surface area contributed by atoms with Gasteiger partial charge in [-0.25, -0.2) is 0 Å². The van der Waals surface area contributed by atoms with Crippen molar-refractivity contribution >= 4 is 5.97 Å². The van der Waals surface area contributed by atoms with Crippen LogP contribution in [0, 0.1) is 0 Å². The molecule has 1 atom stereocenters. The van der Waals surface area contributed by atoms with Crippen LogP contribution in [0.2, 0.25) is 0 Å². The summed E-state index contributed by atoms with van der Waals surface area (Å²) in [6.45, 7) is 7.28. The molecule has 0 spiro atoms. The van der Waals surface area contributed by atoms with Gasteiger partial charge in [0.15, 0.2) is 0 Å². The molecule has 3 aromatic rings. The van der Waals surface area contributed by atoms with Crippen LogP contribution >= 0.6 is 0 Å². The summed E-state index contributed by atoms with van der Waals surface area (Å²) in [4.78, 5) is 12.4. The van der Waals surface area contributed by atoms with Crippen LogP contribution in [0.4, 0.5) is 0 Å². The lowest BCUT2D eigenvalue weighted by molar-refractivity contribution is -0.148. The summed E-state index contributed by atoms with van der Waals surface area (Å²) >= 11 is 0. The highest BCUT2D eigenvalue weighted by Crippen LogP contribution is 2.34. The van der Waals surface area contributed by atoms with E-state index >= 15 is 0 Å². The summed E-state index contributed by atoms with van der Waals surface area (Å²) in [5.41, 5.74) is 5.73. The second-order valence-electron chi connectivity index (χ2n) is 13.4. The number of ether oxygens (including phenoxy) is 2. The molecule has 0 amide bonds. The molecule has 3 aromatic carbocycles. The van der Waals surface area contributed by atoms with E-state index in [0.717, 1.165) is 42.7 Å². The first-order chi connectivity index (χ1) is 23.1. The van der Waals surface area contributed by atoms with Crippen molar-refractivity contribution in [3.8, 4) is 28.0 Å². The van der Waals surface area contributed by atoms with E-state index in [1.165, 1.54) is 119 Å². The number of unbranched alkanes of at least 4 members (excludes halogenated alkanes) is 17. The van der Waals surface area contributed by atoms with E-state index in [4.69, 9.17) is 9.47 Å². The quantitative estimate of drug-likeness (QED) is 0.0647. The number of carbonyl (C=O) groups excluding carboxylic acids is 1. The highest BCUT2D eigenvalue weighted by molar-refractivity contribution is 5.83. The summed E-state index contributed by atoms with van der Waals surface area (Å²) in [6, 6.07) is 25.5. The molecule has 0 bridgehead atoms. The van der Waals surface area contributed by atoms with Gasteiger partial charge in [-0.15, -0.1) is 0 Å². The molecule has 47 heavy (non-hydrogen) atoms. The molecule has 3 nitrogen and oxygen atoms in total. The zero-order valence-electron chi connectivity index (χ0n) is 30.1. The Morgan fingerprint density at radius 2 is 0.957 bits per heavy atom. The average molecular weight is 641 g/mol. The normalized spacial score (nSPS) is 11.8. The van der Waals surface area contributed by atoms with Crippen molar-refractivity contribution in [2.75, 3.05) is 6.61 Å². The van der Waals surface area contributed by atoms with Crippen molar-refractivity contribution in [2.45, 2.75) is 155 Å². The molecule has 0 N–H and O–H groups in total. The maximum Gasteiger partial charge on any atom is 0.306 e. The summed E-state index contributed by atoms with van der Waals surface area (Å²) in [7, 11) is 0. The molecule has 0 aliphatic rings.